The predicted molar refractivity (Wildman–Crippen MR) is 101 cm³/mol. The number of nitrogens with one attached hydrogen (secondary N) is 2. The molecule has 0 radical (unpaired) electrons. The molecular weight excluding hydrogens is 383 g/mol. The van der Waals surface area contributed by atoms with Gasteiger partial charge < -0.3 is 10.6 Å². The van der Waals surface area contributed by atoms with E-state index in [-0.39, 0.29) is 5.69 Å². The number of amides is 1. The average molecular weight is 394 g/mol. The second-order valence-corrected chi connectivity index (χ2v) is 6.28. The van der Waals surface area contributed by atoms with Crippen molar-refractivity contribution in [2.45, 2.75) is 0 Å². The minimum absolute atomic E-state index is 0.146. The highest BCUT2D eigenvalue weighted by Crippen LogP contribution is 2.25. The Balaban J connectivity index is 1.71. The summed E-state index contributed by atoms with van der Waals surface area (Å²) in [5, 5.41) is 7.15. The van der Waals surface area contributed by atoms with Gasteiger partial charge in [-0.2, -0.15) is 0 Å². The highest BCUT2D eigenvalue weighted by Gasteiger charge is 2.11. The number of hydrogen-bond acceptors (Lipinski definition) is 4. The molecule has 3 aromatic rings. The Morgan fingerprint density at radius 3 is 2.44 bits per heavy atom. The van der Waals surface area contributed by atoms with Crippen LogP contribution in [0.4, 0.5) is 17.2 Å². The third kappa shape index (κ3) is 4.60. The Morgan fingerprint density at radius 1 is 0.920 bits per heavy atom. The quantitative estimate of drug-likeness (QED) is 0.620. The molecule has 1 heterocycles. The summed E-state index contributed by atoms with van der Waals surface area (Å²) < 4.78 is 0. The lowest BCUT2D eigenvalue weighted by Gasteiger charge is -2.08. The summed E-state index contributed by atoms with van der Waals surface area (Å²) in [4.78, 5) is 20.5. The molecule has 126 valence electrons. The smallest absolute Gasteiger partial charge is 0.275 e. The summed E-state index contributed by atoms with van der Waals surface area (Å²) in [5.74, 6) is 0.0468. The van der Waals surface area contributed by atoms with Gasteiger partial charge in [-0.3, -0.25) is 4.79 Å². The molecule has 0 unspecified atom stereocenters. The number of halogens is 3. The van der Waals surface area contributed by atoms with E-state index in [9.17, 15) is 4.79 Å². The summed E-state index contributed by atoms with van der Waals surface area (Å²) in [6, 6.07) is 12.0. The summed E-state index contributed by atoms with van der Waals surface area (Å²) >= 11 is 17.9. The summed E-state index contributed by atoms with van der Waals surface area (Å²) in [5.41, 5.74) is 1.32. The molecule has 1 aromatic heterocycles. The van der Waals surface area contributed by atoms with Crippen LogP contribution in [-0.4, -0.2) is 15.9 Å². The zero-order valence-electron chi connectivity index (χ0n) is 12.6. The minimum atomic E-state index is -0.439. The number of rotatable bonds is 4. The van der Waals surface area contributed by atoms with Gasteiger partial charge >= 0.3 is 0 Å². The molecule has 5 nitrogen and oxygen atoms in total. The van der Waals surface area contributed by atoms with Crippen LogP contribution in [0, 0.1) is 0 Å². The van der Waals surface area contributed by atoms with Crippen LogP contribution < -0.4 is 10.6 Å². The Hall–Kier alpha value is -2.34. The first-order valence-corrected chi connectivity index (χ1v) is 8.26. The SMILES string of the molecule is O=C(Nc1cc(Cl)ccc1Cl)c1cnc(Nc2cccc(Cl)c2)cn1. The van der Waals surface area contributed by atoms with Gasteiger partial charge in [-0.05, 0) is 36.4 Å². The van der Waals surface area contributed by atoms with Gasteiger partial charge in [0.05, 0.1) is 23.1 Å². The number of benzene rings is 2. The maximum absolute atomic E-state index is 12.2. The van der Waals surface area contributed by atoms with Gasteiger partial charge in [-0.25, -0.2) is 9.97 Å². The molecule has 25 heavy (non-hydrogen) atoms. The van der Waals surface area contributed by atoms with Crippen molar-refractivity contribution in [1.29, 1.82) is 0 Å². The fourth-order valence-electron chi connectivity index (χ4n) is 2.00. The number of aromatic nitrogens is 2. The van der Waals surface area contributed by atoms with Crippen molar-refractivity contribution in [2.24, 2.45) is 0 Å². The van der Waals surface area contributed by atoms with Crippen molar-refractivity contribution < 1.29 is 4.79 Å². The summed E-state index contributed by atoms with van der Waals surface area (Å²) in [7, 11) is 0. The van der Waals surface area contributed by atoms with Crippen LogP contribution in [0.15, 0.2) is 54.9 Å². The van der Waals surface area contributed by atoms with E-state index < -0.39 is 5.91 Å². The van der Waals surface area contributed by atoms with Crippen LogP contribution in [0.5, 0.6) is 0 Å². The Labute approximate surface area is 159 Å². The Bertz CT molecular complexity index is 916. The van der Waals surface area contributed by atoms with E-state index in [1.807, 2.05) is 12.1 Å². The first kappa shape index (κ1) is 17.5. The Morgan fingerprint density at radius 2 is 1.72 bits per heavy atom. The monoisotopic (exact) mass is 392 g/mol. The van der Waals surface area contributed by atoms with Gasteiger partial charge in [0.1, 0.15) is 11.5 Å². The first-order valence-electron chi connectivity index (χ1n) is 7.12. The highest BCUT2D eigenvalue weighted by molar-refractivity contribution is 6.35. The van der Waals surface area contributed by atoms with Crippen molar-refractivity contribution in [3.8, 4) is 0 Å². The molecule has 0 atom stereocenters. The summed E-state index contributed by atoms with van der Waals surface area (Å²) in [6.45, 7) is 0. The van der Waals surface area contributed by atoms with Crippen LogP contribution in [0.2, 0.25) is 15.1 Å². The molecule has 0 aliphatic heterocycles. The van der Waals surface area contributed by atoms with Crippen LogP contribution in [0.1, 0.15) is 10.5 Å². The molecular formula is C17H11Cl3N4O. The van der Waals surface area contributed by atoms with Crippen molar-refractivity contribution in [2.75, 3.05) is 10.6 Å². The maximum atomic E-state index is 12.2. The van der Waals surface area contributed by atoms with Crippen LogP contribution in [0.3, 0.4) is 0 Å². The number of carbonyl (C=O) groups excluding carboxylic acids is 1. The molecule has 0 fully saturated rings. The number of nitrogens with zero attached hydrogens (tertiary/aromatic N) is 2. The molecule has 0 aliphatic carbocycles. The van der Waals surface area contributed by atoms with Crippen LogP contribution >= 0.6 is 34.8 Å². The second-order valence-electron chi connectivity index (χ2n) is 5.00. The Kier molecular flexibility index (Phi) is 5.38. The fourth-order valence-corrected chi connectivity index (χ4v) is 2.53. The molecule has 0 saturated heterocycles. The van der Waals surface area contributed by atoms with Gasteiger partial charge in [0, 0.05) is 15.7 Å². The van der Waals surface area contributed by atoms with Gasteiger partial charge in [-0.15, -0.1) is 0 Å². The van der Waals surface area contributed by atoms with Crippen molar-refractivity contribution >= 4 is 57.9 Å². The first-order chi connectivity index (χ1) is 12.0. The standard InChI is InChI=1S/C17H11Cl3N4O/c18-10-2-1-3-12(6-10)23-16-9-21-15(8-22-16)17(25)24-14-7-11(19)4-5-13(14)20/h1-9H,(H,22,23)(H,24,25). The average Bonchev–Trinajstić information content (AvgIpc) is 2.59. The minimum Gasteiger partial charge on any atom is -0.339 e. The molecule has 2 N–H and O–H groups in total. The van der Waals surface area contributed by atoms with Crippen molar-refractivity contribution in [3.05, 3.63) is 75.6 Å². The molecule has 0 saturated carbocycles. The maximum Gasteiger partial charge on any atom is 0.275 e. The fraction of sp³-hybridized carbons (Fsp3) is 0. The molecule has 0 spiro atoms. The van der Waals surface area contributed by atoms with Gasteiger partial charge in [0.25, 0.3) is 5.91 Å². The van der Waals surface area contributed by atoms with E-state index in [2.05, 4.69) is 20.6 Å². The largest absolute Gasteiger partial charge is 0.339 e. The number of hydrogen-bond donors (Lipinski definition) is 2. The van der Waals surface area contributed by atoms with E-state index in [1.165, 1.54) is 12.4 Å². The molecule has 0 bridgehead atoms. The lowest BCUT2D eigenvalue weighted by atomic mass is 10.3. The molecule has 0 aliphatic rings. The number of carbonyl (C=O) groups is 1. The van der Waals surface area contributed by atoms with E-state index >= 15 is 0 Å². The second kappa shape index (κ2) is 7.70. The predicted octanol–water partition coefficient (Wildman–Crippen LogP) is 5.43. The van der Waals surface area contributed by atoms with Gasteiger partial charge in [0.2, 0.25) is 0 Å². The third-order valence-corrected chi connectivity index (χ3v) is 3.96. The van der Waals surface area contributed by atoms with E-state index in [0.29, 0.717) is 26.6 Å². The molecule has 3 rings (SSSR count). The van der Waals surface area contributed by atoms with E-state index in [4.69, 9.17) is 34.8 Å². The lowest BCUT2D eigenvalue weighted by molar-refractivity contribution is 0.102. The topological polar surface area (TPSA) is 66.9 Å². The van der Waals surface area contributed by atoms with E-state index in [1.54, 1.807) is 30.3 Å². The van der Waals surface area contributed by atoms with Crippen molar-refractivity contribution in [1.82, 2.24) is 9.97 Å². The normalized spacial score (nSPS) is 10.4. The van der Waals surface area contributed by atoms with Gasteiger partial charge in [0.15, 0.2) is 0 Å². The van der Waals surface area contributed by atoms with Crippen LogP contribution in [-0.2, 0) is 0 Å². The number of anilines is 3. The molecule has 1 amide bonds. The molecule has 2 aromatic carbocycles. The zero-order chi connectivity index (χ0) is 17.8. The van der Waals surface area contributed by atoms with Crippen LogP contribution in [0.25, 0.3) is 0 Å². The van der Waals surface area contributed by atoms with Gasteiger partial charge in [-0.1, -0.05) is 40.9 Å². The van der Waals surface area contributed by atoms with E-state index in [0.717, 1.165) is 5.69 Å². The summed E-state index contributed by atoms with van der Waals surface area (Å²) in [6.07, 6.45) is 2.82. The third-order valence-electron chi connectivity index (χ3n) is 3.16. The highest BCUT2D eigenvalue weighted by atomic mass is 35.5. The lowest BCUT2D eigenvalue weighted by Crippen LogP contribution is -2.14. The molecule has 8 heteroatoms. The zero-order valence-corrected chi connectivity index (χ0v) is 14.9. The van der Waals surface area contributed by atoms with Crippen molar-refractivity contribution in [3.63, 3.8) is 0 Å².